The summed E-state index contributed by atoms with van der Waals surface area (Å²) >= 11 is 0. The minimum atomic E-state index is -0.216. The van der Waals surface area contributed by atoms with E-state index < -0.39 is 0 Å². The third-order valence-corrected chi connectivity index (χ3v) is 3.50. The van der Waals surface area contributed by atoms with E-state index in [4.69, 9.17) is 9.15 Å². The van der Waals surface area contributed by atoms with E-state index in [1.807, 2.05) is 24.3 Å². The van der Waals surface area contributed by atoms with E-state index in [1.165, 1.54) is 6.08 Å². The quantitative estimate of drug-likeness (QED) is 0.701. The second kappa shape index (κ2) is 7.92. The Labute approximate surface area is 145 Å². The molecule has 126 valence electrons. The van der Waals surface area contributed by atoms with Gasteiger partial charge in [0, 0.05) is 18.5 Å². The van der Waals surface area contributed by atoms with Crippen molar-refractivity contribution in [2.24, 2.45) is 0 Å². The van der Waals surface area contributed by atoms with Crippen LogP contribution in [0.5, 0.6) is 5.75 Å². The molecule has 1 aromatic carbocycles. The average molecular weight is 335 g/mol. The van der Waals surface area contributed by atoms with Gasteiger partial charge in [0.25, 0.3) is 0 Å². The Morgan fingerprint density at radius 2 is 2.00 bits per heavy atom. The number of aromatic nitrogens is 2. The Bertz CT molecular complexity index is 856. The van der Waals surface area contributed by atoms with Gasteiger partial charge in [-0.1, -0.05) is 12.1 Å². The molecule has 0 aliphatic rings. The number of benzene rings is 1. The standard InChI is InChI=1S/C19H17N3O3/c1-24-15-7-4-14(5-8-15)6-9-18(23)22-13-16-19(21-11-10-20-16)17-3-2-12-25-17/h2-12H,13H2,1H3,(H,22,23)/b9-6+. The Morgan fingerprint density at radius 1 is 1.20 bits per heavy atom. The molecule has 6 heteroatoms. The number of furan rings is 1. The minimum absolute atomic E-state index is 0.216. The van der Waals surface area contributed by atoms with Crippen molar-refractivity contribution in [1.82, 2.24) is 15.3 Å². The molecule has 0 saturated carbocycles. The zero-order valence-electron chi connectivity index (χ0n) is 13.7. The topological polar surface area (TPSA) is 77.2 Å². The summed E-state index contributed by atoms with van der Waals surface area (Å²) in [6.07, 6.45) is 7.96. The smallest absolute Gasteiger partial charge is 0.244 e. The van der Waals surface area contributed by atoms with Gasteiger partial charge in [0.15, 0.2) is 5.76 Å². The number of hydrogen-bond donors (Lipinski definition) is 1. The molecule has 3 rings (SSSR count). The molecule has 0 radical (unpaired) electrons. The van der Waals surface area contributed by atoms with Gasteiger partial charge in [-0.05, 0) is 35.9 Å². The van der Waals surface area contributed by atoms with Gasteiger partial charge in [0.2, 0.25) is 5.91 Å². The van der Waals surface area contributed by atoms with Crippen molar-refractivity contribution in [3.05, 3.63) is 72.4 Å². The summed E-state index contributed by atoms with van der Waals surface area (Å²) in [6, 6.07) is 11.0. The fourth-order valence-corrected chi connectivity index (χ4v) is 2.23. The van der Waals surface area contributed by atoms with Crippen molar-refractivity contribution in [2.45, 2.75) is 6.54 Å². The fraction of sp³-hybridized carbons (Fsp3) is 0.105. The van der Waals surface area contributed by atoms with Crippen LogP contribution < -0.4 is 10.1 Å². The van der Waals surface area contributed by atoms with Crippen LogP contribution in [-0.2, 0) is 11.3 Å². The molecule has 25 heavy (non-hydrogen) atoms. The third kappa shape index (κ3) is 4.32. The number of nitrogens with zero attached hydrogens (tertiary/aromatic N) is 2. The number of methoxy groups -OCH3 is 1. The van der Waals surface area contributed by atoms with Crippen LogP contribution in [0.25, 0.3) is 17.5 Å². The van der Waals surface area contributed by atoms with Crippen LogP contribution in [0.15, 0.2) is 65.5 Å². The molecule has 1 N–H and O–H groups in total. The Kier molecular flexibility index (Phi) is 5.21. The molecule has 2 aromatic heterocycles. The fourth-order valence-electron chi connectivity index (χ4n) is 2.23. The first-order valence-corrected chi connectivity index (χ1v) is 7.70. The van der Waals surface area contributed by atoms with Crippen LogP contribution in [-0.4, -0.2) is 23.0 Å². The van der Waals surface area contributed by atoms with Crippen LogP contribution in [0, 0.1) is 0 Å². The van der Waals surface area contributed by atoms with E-state index in [2.05, 4.69) is 15.3 Å². The molecule has 1 amide bonds. The maximum atomic E-state index is 12.0. The minimum Gasteiger partial charge on any atom is -0.497 e. The van der Waals surface area contributed by atoms with Gasteiger partial charge in [-0.25, -0.2) is 4.98 Å². The number of rotatable bonds is 6. The first kappa shape index (κ1) is 16.4. The highest BCUT2D eigenvalue weighted by Crippen LogP contribution is 2.19. The number of carbonyl (C=O) groups is 1. The van der Waals surface area contributed by atoms with E-state index in [9.17, 15) is 4.79 Å². The second-order valence-corrected chi connectivity index (χ2v) is 5.15. The maximum absolute atomic E-state index is 12.0. The molecule has 6 nitrogen and oxygen atoms in total. The lowest BCUT2D eigenvalue weighted by molar-refractivity contribution is -0.116. The van der Waals surface area contributed by atoms with Crippen molar-refractivity contribution in [3.8, 4) is 17.2 Å². The van der Waals surface area contributed by atoms with Gasteiger partial charge in [0.1, 0.15) is 11.4 Å². The van der Waals surface area contributed by atoms with Gasteiger partial charge in [-0.2, -0.15) is 0 Å². The van der Waals surface area contributed by atoms with Crippen LogP contribution in [0.4, 0.5) is 0 Å². The van der Waals surface area contributed by atoms with Crippen molar-refractivity contribution in [1.29, 1.82) is 0 Å². The van der Waals surface area contributed by atoms with E-state index in [1.54, 1.807) is 44.0 Å². The molecule has 0 saturated heterocycles. The lowest BCUT2D eigenvalue weighted by atomic mass is 10.2. The van der Waals surface area contributed by atoms with Gasteiger partial charge >= 0.3 is 0 Å². The highest BCUT2D eigenvalue weighted by molar-refractivity contribution is 5.91. The van der Waals surface area contributed by atoms with Crippen LogP contribution in [0.1, 0.15) is 11.3 Å². The summed E-state index contributed by atoms with van der Waals surface area (Å²) in [7, 11) is 1.61. The highest BCUT2D eigenvalue weighted by atomic mass is 16.5. The number of hydrogen-bond acceptors (Lipinski definition) is 5. The van der Waals surface area contributed by atoms with Crippen molar-refractivity contribution in [2.75, 3.05) is 7.11 Å². The summed E-state index contributed by atoms with van der Waals surface area (Å²) in [6.45, 7) is 0.260. The van der Waals surface area contributed by atoms with Gasteiger partial charge < -0.3 is 14.5 Å². The van der Waals surface area contributed by atoms with Crippen LogP contribution in [0.2, 0.25) is 0 Å². The Hall–Kier alpha value is -3.41. The van der Waals surface area contributed by atoms with Crippen molar-refractivity contribution < 1.29 is 13.9 Å². The molecule has 0 fully saturated rings. The van der Waals surface area contributed by atoms with Gasteiger partial charge in [-0.3, -0.25) is 9.78 Å². The number of carbonyl (C=O) groups excluding carboxylic acids is 1. The summed E-state index contributed by atoms with van der Waals surface area (Å²) in [4.78, 5) is 20.6. The molecule has 0 bridgehead atoms. The highest BCUT2D eigenvalue weighted by Gasteiger charge is 2.10. The zero-order chi connectivity index (χ0) is 17.5. The predicted octanol–water partition coefficient (Wildman–Crippen LogP) is 3.07. The van der Waals surface area contributed by atoms with Gasteiger partial charge in [-0.15, -0.1) is 0 Å². The van der Waals surface area contributed by atoms with E-state index in [0.717, 1.165) is 11.3 Å². The lowest BCUT2D eigenvalue weighted by Crippen LogP contribution is -2.21. The average Bonchev–Trinajstić information content (AvgIpc) is 3.20. The molecule has 2 heterocycles. The Balaban J connectivity index is 1.62. The van der Waals surface area contributed by atoms with E-state index in [0.29, 0.717) is 17.1 Å². The molecule has 3 aromatic rings. The van der Waals surface area contributed by atoms with Crippen molar-refractivity contribution in [3.63, 3.8) is 0 Å². The molecule has 0 aliphatic carbocycles. The zero-order valence-corrected chi connectivity index (χ0v) is 13.7. The number of ether oxygens (including phenoxy) is 1. The summed E-state index contributed by atoms with van der Waals surface area (Å²) in [5, 5.41) is 2.80. The molecule has 0 atom stereocenters. The summed E-state index contributed by atoms with van der Waals surface area (Å²) < 4.78 is 10.5. The summed E-state index contributed by atoms with van der Waals surface area (Å²) in [5.74, 6) is 1.17. The number of nitrogens with one attached hydrogen (secondary N) is 1. The van der Waals surface area contributed by atoms with Crippen molar-refractivity contribution >= 4 is 12.0 Å². The largest absolute Gasteiger partial charge is 0.497 e. The normalized spacial score (nSPS) is 10.8. The monoisotopic (exact) mass is 335 g/mol. The van der Waals surface area contributed by atoms with E-state index in [-0.39, 0.29) is 12.5 Å². The predicted molar refractivity (Wildman–Crippen MR) is 93.6 cm³/mol. The van der Waals surface area contributed by atoms with E-state index >= 15 is 0 Å². The molecular formula is C19H17N3O3. The SMILES string of the molecule is COc1ccc(/C=C/C(=O)NCc2nccnc2-c2ccco2)cc1. The molecular weight excluding hydrogens is 318 g/mol. The molecule has 0 spiro atoms. The Morgan fingerprint density at radius 3 is 2.72 bits per heavy atom. The molecule has 0 aliphatic heterocycles. The maximum Gasteiger partial charge on any atom is 0.244 e. The summed E-state index contributed by atoms with van der Waals surface area (Å²) in [5.41, 5.74) is 2.17. The van der Waals surface area contributed by atoms with Crippen LogP contribution in [0.3, 0.4) is 0 Å². The first-order valence-electron chi connectivity index (χ1n) is 7.70. The van der Waals surface area contributed by atoms with Crippen LogP contribution >= 0.6 is 0 Å². The lowest BCUT2D eigenvalue weighted by Gasteiger charge is -2.05. The third-order valence-electron chi connectivity index (χ3n) is 3.50. The first-order chi connectivity index (χ1) is 12.3. The second-order valence-electron chi connectivity index (χ2n) is 5.15. The molecule has 0 unspecified atom stereocenters. The van der Waals surface area contributed by atoms with Gasteiger partial charge in [0.05, 0.1) is 25.6 Å². The number of amides is 1.